The van der Waals surface area contributed by atoms with Crippen molar-refractivity contribution in [3.8, 4) is 5.75 Å². The Labute approximate surface area is 144 Å². The molecule has 1 aliphatic rings. The first-order valence-corrected chi connectivity index (χ1v) is 8.28. The number of hydrogen-bond acceptors (Lipinski definition) is 3. The Morgan fingerprint density at radius 1 is 0.680 bits per heavy atom. The normalized spacial score (nSPS) is 19.6. The maximum atomic E-state index is 10.3. The second-order valence-electron chi connectivity index (χ2n) is 6.63. The molecule has 0 saturated heterocycles. The first-order chi connectivity index (χ1) is 12.1. The topological polar surface area (TPSA) is 60.7 Å². The molecule has 3 heteroatoms. The van der Waals surface area contributed by atoms with Gasteiger partial charge in [-0.25, -0.2) is 0 Å². The van der Waals surface area contributed by atoms with Crippen LogP contribution < -0.4 is 0 Å². The molecule has 0 fully saturated rings. The number of benzene rings is 4. The van der Waals surface area contributed by atoms with Crippen LogP contribution in [-0.4, -0.2) is 21.4 Å². The lowest BCUT2D eigenvalue weighted by molar-refractivity contribution is 0.0471. The molecule has 0 radical (unpaired) electrons. The summed E-state index contributed by atoms with van der Waals surface area (Å²) in [6.07, 6.45) is 1.76. The van der Waals surface area contributed by atoms with Crippen molar-refractivity contribution in [2.45, 2.75) is 12.2 Å². The molecule has 0 aromatic heterocycles. The van der Waals surface area contributed by atoms with Gasteiger partial charge >= 0.3 is 0 Å². The van der Waals surface area contributed by atoms with E-state index in [1.54, 1.807) is 18.2 Å². The molecule has 4 aromatic carbocycles. The molecular weight excluding hydrogens is 312 g/mol. The Bertz CT molecular complexity index is 1190. The molecule has 0 saturated carbocycles. The fourth-order valence-corrected chi connectivity index (χ4v) is 3.84. The van der Waals surface area contributed by atoms with Crippen molar-refractivity contribution in [1.29, 1.82) is 0 Å². The van der Waals surface area contributed by atoms with E-state index in [2.05, 4.69) is 18.2 Å². The predicted molar refractivity (Wildman–Crippen MR) is 101 cm³/mol. The zero-order valence-electron chi connectivity index (χ0n) is 13.3. The molecule has 0 spiro atoms. The highest BCUT2D eigenvalue weighted by Crippen LogP contribution is 2.37. The molecule has 4 aromatic rings. The van der Waals surface area contributed by atoms with Gasteiger partial charge in [0.1, 0.15) is 18.0 Å². The van der Waals surface area contributed by atoms with Crippen LogP contribution in [0.2, 0.25) is 0 Å². The van der Waals surface area contributed by atoms with Crippen LogP contribution in [0.1, 0.15) is 17.2 Å². The van der Waals surface area contributed by atoms with E-state index in [1.807, 2.05) is 30.3 Å². The molecule has 2 atom stereocenters. The average molecular weight is 328 g/mol. The SMILES string of the molecule is Oc1ccc2c(ccc3cc4ccc5c(c4cc32)C=C[C@H](O)[C@H]5O)c1. The quantitative estimate of drug-likeness (QED) is 0.334. The maximum absolute atomic E-state index is 10.3. The van der Waals surface area contributed by atoms with E-state index < -0.39 is 12.2 Å². The molecule has 3 N–H and O–H groups in total. The van der Waals surface area contributed by atoms with Crippen LogP contribution in [0.5, 0.6) is 5.75 Å². The van der Waals surface area contributed by atoms with Crippen molar-refractivity contribution < 1.29 is 15.3 Å². The molecule has 0 heterocycles. The summed E-state index contributed by atoms with van der Waals surface area (Å²) >= 11 is 0. The first-order valence-electron chi connectivity index (χ1n) is 8.28. The van der Waals surface area contributed by atoms with Gasteiger partial charge in [0.25, 0.3) is 0 Å². The molecule has 0 aliphatic heterocycles. The third-order valence-corrected chi connectivity index (χ3v) is 5.14. The molecular formula is C22H16O3. The number of aliphatic hydroxyl groups is 2. The Kier molecular flexibility index (Phi) is 2.93. The molecule has 0 bridgehead atoms. The highest BCUT2D eigenvalue weighted by atomic mass is 16.3. The summed E-state index contributed by atoms with van der Waals surface area (Å²) in [5.41, 5.74) is 1.70. The van der Waals surface area contributed by atoms with Crippen molar-refractivity contribution in [1.82, 2.24) is 0 Å². The van der Waals surface area contributed by atoms with Gasteiger partial charge in [-0.05, 0) is 67.7 Å². The molecule has 5 rings (SSSR count). The van der Waals surface area contributed by atoms with Crippen LogP contribution in [0.4, 0.5) is 0 Å². The maximum Gasteiger partial charge on any atom is 0.116 e. The zero-order chi connectivity index (χ0) is 17.1. The molecule has 1 aliphatic carbocycles. The number of aliphatic hydroxyl groups excluding tert-OH is 2. The van der Waals surface area contributed by atoms with E-state index >= 15 is 0 Å². The summed E-state index contributed by atoms with van der Waals surface area (Å²) in [5, 5.41) is 36.3. The van der Waals surface area contributed by atoms with Crippen LogP contribution in [0.3, 0.4) is 0 Å². The van der Waals surface area contributed by atoms with E-state index in [0.29, 0.717) is 0 Å². The number of aromatic hydroxyl groups is 1. The van der Waals surface area contributed by atoms with Gasteiger partial charge in [-0.1, -0.05) is 42.5 Å². The Morgan fingerprint density at radius 3 is 2.24 bits per heavy atom. The number of phenolic OH excluding ortho intramolecular Hbond substituents is 1. The Balaban J connectivity index is 1.91. The zero-order valence-corrected chi connectivity index (χ0v) is 13.3. The van der Waals surface area contributed by atoms with E-state index in [1.165, 1.54) is 0 Å². The van der Waals surface area contributed by atoms with Crippen molar-refractivity contribution >= 4 is 38.4 Å². The van der Waals surface area contributed by atoms with Crippen molar-refractivity contribution in [2.75, 3.05) is 0 Å². The van der Waals surface area contributed by atoms with Gasteiger partial charge in [-0.3, -0.25) is 0 Å². The van der Waals surface area contributed by atoms with Crippen LogP contribution in [0, 0.1) is 0 Å². The molecule has 0 amide bonds. The van der Waals surface area contributed by atoms with Gasteiger partial charge < -0.3 is 15.3 Å². The second-order valence-corrected chi connectivity index (χ2v) is 6.63. The molecule has 122 valence electrons. The minimum absolute atomic E-state index is 0.255. The number of hydrogen-bond donors (Lipinski definition) is 3. The highest BCUT2D eigenvalue weighted by Gasteiger charge is 2.23. The van der Waals surface area contributed by atoms with E-state index in [4.69, 9.17) is 0 Å². The first kappa shape index (κ1) is 14.5. The number of fused-ring (bicyclic) bond motifs is 6. The van der Waals surface area contributed by atoms with Crippen LogP contribution in [0.15, 0.2) is 60.7 Å². The van der Waals surface area contributed by atoms with E-state index in [0.717, 1.165) is 43.4 Å². The summed E-state index contributed by atoms with van der Waals surface area (Å²) in [7, 11) is 0. The highest BCUT2D eigenvalue weighted by molar-refractivity contribution is 6.13. The monoisotopic (exact) mass is 328 g/mol. The summed E-state index contributed by atoms with van der Waals surface area (Å²) in [6.45, 7) is 0. The lowest BCUT2D eigenvalue weighted by Crippen LogP contribution is -2.19. The summed E-state index contributed by atoms with van der Waals surface area (Å²) in [5.74, 6) is 0.255. The van der Waals surface area contributed by atoms with E-state index in [-0.39, 0.29) is 5.75 Å². The summed E-state index contributed by atoms with van der Waals surface area (Å²) in [6, 6.07) is 17.6. The lowest BCUT2D eigenvalue weighted by atomic mass is 9.87. The van der Waals surface area contributed by atoms with Crippen LogP contribution in [0.25, 0.3) is 38.4 Å². The standard InChI is InChI=1S/C22H16O3/c23-15-4-6-16-14(10-15)2-1-12-9-13-3-5-18-17(20(13)11-19(12)16)7-8-21(24)22(18)25/h1-11,21-25H/t21-,22-/m0/s1. The third kappa shape index (κ3) is 2.07. The number of rotatable bonds is 0. The van der Waals surface area contributed by atoms with Crippen molar-refractivity contribution in [3.05, 3.63) is 71.8 Å². The van der Waals surface area contributed by atoms with Gasteiger partial charge in [0.2, 0.25) is 0 Å². The smallest absolute Gasteiger partial charge is 0.116 e. The largest absolute Gasteiger partial charge is 0.508 e. The van der Waals surface area contributed by atoms with Crippen LogP contribution in [-0.2, 0) is 0 Å². The fourth-order valence-electron chi connectivity index (χ4n) is 3.84. The minimum atomic E-state index is -0.899. The van der Waals surface area contributed by atoms with Crippen molar-refractivity contribution in [3.63, 3.8) is 0 Å². The van der Waals surface area contributed by atoms with Crippen molar-refractivity contribution in [2.24, 2.45) is 0 Å². The average Bonchev–Trinajstić information content (AvgIpc) is 2.62. The van der Waals surface area contributed by atoms with Gasteiger partial charge in [0.05, 0.1) is 0 Å². The van der Waals surface area contributed by atoms with Crippen LogP contribution >= 0.6 is 0 Å². The van der Waals surface area contributed by atoms with Gasteiger partial charge in [-0.15, -0.1) is 0 Å². The Hall–Kier alpha value is -2.88. The van der Waals surface area contributed by atoms with Gasteiger partial charge in [0.15, 0.2) is 0 Å². The molecule has 3 nitrogen and oxygen atoms in total. The molecule has 0 unspecified atom stereocenters. The molecule has 25 heavy (non-hydrogen) atoms. The van der Waals surface area contributed by atoms with E-state index in [9.17, 15) is 15.3 Å². The summed E-state index contributed by atoms with van der Waals surface area (Å²) < 4.78 is 0. The number of phenols is 1. The predicted octanol–water partition coefficient (Wildman–Crippen LogP) is 4.27. The minimum Gasteiger partial charge on any atom is -0.508 e. The van der Waals surface area contributed by atoms with Gasteiger partial charge in [0, 0.05) is 0 Å². The Morgan fingerprint density at radius 2 is 1.40 bits per heavy atom. The second kappa shape index (κ2) is 5.06. The summed E-state index contributed by atoms with van der Waals surface area (Å²) in [4.78, 5) is 0. The lowest BCUT2D eigenvalue weighted by Gasteiger charge is -2.23. The third-order valence-electron chi connectivity index (χ3n) is 5.14. The van der Waals surface area contributed by atoms with Gasteiger partial charge in [-0.2, -0.15) is 0 Å². The fraction of sp³-hybridized carbons (Fsp3) is 0.0909.